The molecule has 172 valence electrons. The number of imidazole rings is 1. The van der Waals surface area contributed by atoms with Gasteiger partial charge in [0.25, 0.3) is 0 Å². The number of aryl methyl sites for hydroxylation is 1. The highest BCUT2D eigenvalue weighted by atomic mass is 19.4. The van der Waals surface area contributed by atoms with Gasteiger partial charge in [-0.2, -0.15) is 23.4 Å². The number of alkyl halides is 3. The summed E-state index contributed by atoms with van der Waals surface area (Å²) in [4.78, 5) is 9.05. The van der Waals surface area contributed by atoms with Gasteiger partial charge in [-0.15, -0.1) is 5.10 Å². The lowest BCUT2D eigenvalue weighted by molar-refractivity contribution is -0.147. The Kier molecular flexibility index (Phi) is 5.23. The molecule has 0 saturated carbocycles. The second-order valence-electron chi connectivity index (χ2n) is 7.84. The van der Waals surface area contributed by atoms with Crippen LogP contribution in [0.1, 0.15) is 24.2 Å². The number of halogens is 3. The van der Waals surface area contributed by atoms with Crippen molar-refractivity contribution in [3.8, 4) is 17.1 Å². The first-order valence-electron chi connectivity index (χ1n) is 10.4. The van der Waals surface area contributed by atoms with Crippen LogP contribution in [0.5, 0.6) is 0 Å². The standard InChI is InChI=1S/C23H19F3N8/c1-13-6-9-20(32-31-13)29-15-7-8-19-18(10-15)27-12-34(19)21-5-3-4-17(30-21)16-11-28-33-22(16)14(2)23(24,25)26/h3-12,14H,1-2H3,(H,28,33)(H,29,32)/t14-/m0/s1. The maximum atomic E-state index is 13.3. The summed E-state index contributed by atoms with van der Waals surface area (Å²) in [5.74, 6) is -0.562. The summed E-state index contributed by atoms with van der Waals surface area (Å²) in [6.45, 7) is 2.96. The van der Waals surface area contributed by atoms with Gasteiger partial charge in [-0.1, -0.05) is 6.07 Å². The molecular formula is C23H19F3N8. The Bertz CT molecular complexity index is 1450. The molecule has 0 aliphatic rings. The number of nitrogens with one attached hydrogen (secondary N) is 2. The van der Waals surface area contributed by atoms with E-state index < -0.39 is 12.1 Å². The van der Waals surface area contributed by atoms with Crippen molar-refractivity contribution in [3.05, 3.63) is 72.4 Å². The van der Waals surface area contributed by atoms with Crippen molar-refractivity contribution >= 4 is 22.5 Å². The molecule has 0 radical (unpaired) electrons. The molecule has 1 atom stereocenters. The van der Waals surface area contributed by atoms with E-state index in [-0.39, 0.29) is 5.69 Å². The Morgan fingerprint density at radius 3 is 2.68 bits per heavy atom. The highest BCUT2D eigenvalue weighted by Crippen LogP contribution is 2.37. The van der Waals surface area contributed by atoms with Crippen molar-refractivity contribution in [2.75, 3.05) is 5.32 Å². The zero-order valence-corrected chi connectivity index (χ0v) is 18.2. The van der Waals surface area contributed by atoms with E-state index in [1.54, 1.807) is 29.1 Å². The van der Waals surface area contributed by atoms with Crippen LogP contribution in [0.3, 0.4) is 0 Å². The summed E-state index contributed by atoms with van der Waals surface area (Å²) in [7, 11) is 0. The van der Waals surface area contributed by atoms with Crippen LogP contribution in [-0.4, -0.2) is 41.1 Å². The molecule has 1 aromatic carbocycles. The molecule has 5 aromatic rings. The van der Waals surface area contributed by atoms with Gasteiger partial charge in [0, 0.05) is 11.3 Å². The minimum Gasteiger partial charge on any atom is -0.339 e. The molecule has 11 heteroatoms. The summed E-state index contributed by atoms with van der Waals surface area (Å²) >= 11 is 0. The molecule has 4 aromatic heterocycles. The number of pyridine rings is 1. The number of H-pyrrole nitrogens is 1. The van der Waals surface area contributed by atoms with Crippen molar-refractivity contribution < 1.29 is 13.2 Å². The molecule has 0 amide bonds. The Morgan fingerprint density at radius 2 is 1.91 bits per heavy atom. The van der Waals surface area contributed by atoms with Crippen LogP contribution in [0.15, 0.2) is 61.1 Å². The molecule has 2 N–H and O–H groups in total. The minimum atomic E-state index is -4.39. The number of rotatable bonds is 5. The Balaban J connectivity index is 1.47. The molecule has 0 saturated heterocycles. The van der Waals surface area contributed by atoms with Crippen molar-refractivity contribution in [2.24, 2.45) is 0 Å². The van der Waals surface area contributed by atoms with Crippen molar-refractivity contribution in [1.29, 1.82) is 0 Å². The van der Waals surface area contributed by atoms with Gasteiger partial charge in [0.2, 0.25) is 0 Å². The second-order valence-corrected chi connectivity index (χ2v) is 7.84. The van der Waals surface area contributed by atoms with Gasteiger partial charge in [-0.25, -0.2) is 9.97 Å². The Labute approximate surface area is 191 Å². The van der Waals surface area contributed by atoms with Crippen LogP contribution < -0.4 is 5.32 Å². The summed E-state index contributed by atoms with van der Waals surface area (Å²) < 4.78 is 41.6. The molecule has 8 nitrogen and oxygen atoms in total. The SMILES string of the molecule is Cc1ccc(Nc2ccc3c(c2)ncn3-c2cccc(-c3cn[nH]c3[C@H](C)C(F)(F)F)n2)nn1. The largest absolute Gasteiger partial charge is 0.396 e. The first-order chi connectivity index (χ1) is 16.3. The fraction of sp³-hybridized carbons (Fsp3) is 0.174. The van der Waals surface area contributed by atoms with Gasteiger partial charge in [0.1, 0.15) is 12.1 Å². The Morgan fingerprint density at radius 1 is 1.06 bits per heavy atom. The van der Waals surface area contributed by atoms with E-state index in [2.05, 4.69) is 35.7 Å². The monoisotopic (exact) mass is 464 g/mol. The van der Waals surface area contributed by atoms with E-state index in [1.165, 1.54) is 6.20 Å². The van der Waals surface area contributed by atoms with Gasteiger partial charge in [-0.3, -0.25) is 9.67 Å². The molecule has 0 fully saturated rings. The van der Waals surface area contributed by atoms with E-state index >= 15 is 0 Å². The normalized spacial score (nSPS) is 12.7. The maximum Gasteiger partial charge on any atom is 0.396 e. The van der Waals surface area contributed by atoms with E-state index in [4.69, 9.17) is 0 Å². The number of aromatic amines is 1. The van der Waals surface area contributed by atoms with Gasteiger partial charge in [-0.05, 0) is 56.3 Å². The molecule has 0 aliphatic carbocycles. The highest BCUT2D eigenvalue weighted by molar-refractivity contribution is 5.82. The minimum absolute atomic E-state index is 0.0254. The number of hydrogen-bond donors (Lipinski definition) is 2. The summed E-state index contributed by atoms with van der Waals surface area (Å²) in [6.07, 6.45) is -1.40. The predicted molar refractivity (Wildman–Crippen MR) is 121 cm³/mol. The first-order valence-corrected chi connectivity index (χ1v) is 10.4. The number of fused-ring (bicyclic) bond motifs is 1. The van der Waals surface area contributed by atoms with E-state index in [1.807, 2.05) is 37.3 Å². The number of benzene rings is 1. The first kappa shape index (κ1) is 21.6. The number of nitrogens with zero attached hydrogens (tertiary/aromatic N) is 6. The topological polar surface area (TPSA) is 97.2 Å². The Hall–Kier alpha value is -4.28. The molecular weight excluding hydrogens is 445 g/mol. The fourth-order valence-corrected chi connectivity index (χ4v) is 3.59. The van der Waals surface area contributed by atoms with E-state index in [0.717, 1.165) is 23.8 Å². The lowest BCUT2D eigenvalue weighted by atomic mass is 10.0. The molecule has 4 heterocycles. The van der Waals surface area contributed by atoms with Crippen LogP contribution in [0, 0.1) is 6.92 Å². The molecule has 0 spiro atoms. The van der Waals surface area contributed by atoms with Gasteiger partial charge >= 0.3 is 6.18 Å². The molecule has 5 rings (SSSR count). The average molecular weight is 464 g/mol. The predicted octanol–water partition coefficient (Wildman–Crippen LogP) is 5.32. The third-order valence-corrected chi connectivity index (χ3v) is 5.47. The zero-order valence-electron chi connectivity index (χ0n) is 18.2. The average Bonchev–Trinajstić information content (AvgIpc) is 3.47. The highest BCUT2D eigenvalue weighted by Gasteiger charge is 2.39. The van der Waals surface area contributed by atoms with Crippen LogP contribution in [-0.2, 0) is 0 Å². The summed E-state index contributed by atoms with van der Waals surface area (Å²) in [5.41, 5.74) is 3.79. The molecule has 0 unspecified atom stereocenters. The van der Waals surface area contributed by atoms with E-state index in [9.17, 15) is 13.2 Å². The number of aromatic nitrogens is 7. The third-order valence-electron chi connectivity index (χ3n) is 5.47. The van der Waals surface area contributed by atoms with Gasteiger partial charge in [0.15, 0.2) is 5.82 Å². The quantitative estimate of drug-likeness (QED) is 0.366. The van der Waals surface area contributed by atoms with E-state index in [0.29, 0.717) is 28.4 Å². The molecule has 0 aliphatic heterocycles. The smallest absolute Gasteiger partial charge is 0.339 e. The van der Waals surface area contributed by atoms with Crippen molar-refractivity contribution in [2.45, 2.75) is 25.9 Å². The lowest BCUT2D eigenvalue weighted by Gasteiger charge is -2.15. The van der Waals surface area contributed by atoms with Crippen molar-refractivity contribution in [3.63, 3.8) is 0 Å². The summed E-state index contributed by atoms with van der Waals surface area (Å²) in [5, 5.41) is 17.6. The van der Waals surface area contributed by atoms with Crippen molar-refractivity contribution in [1.82, 2.24) is 34.9 Å². The molecule has 0 bridgehead atoms. The van der Waals surface area contributed by atoms with Crippen LogP contribution in [0.25, 0.3) is 28.1 Å². The summed E-state index contributed by atoms with van der Waals surface area (Å²) in [6, 6.07) is 14.5. The third kappa shape index (κ3) is 4.07. The molecule has 34 heavy (non-hydrogen) atoms. The number of anilines is 2. The van der Waals surface area contributed by atoms with Crippen LogP contribution in [0.2, 0.25) is 0 Å². The van der Waals surface area contributed by atoms with Gasteiger partial charge in [0.05, 0.1) is 40.2 Å². The zero-order chi connectivity index (χ0) is 23.9. The fourth-order valence-electron chi connectivity index (χ4n) is 3.59. The van der Waals surface area contributed by atoms with Crippen LogP contribution >= 0.6 is 0 Å². The van der Waals surface area contributed by atoms with Gasteiger partial charge < -0.3 is 5.32 Å². The van der Waals surface area contributed by atoms with Crippen LogP contribution in [0.4, 0.5) is 24.7 Å². The maximum absolute atomic E-state index is 13.3. The number of hydrogen-bond acceptors (Lipinski definition) is 6. The lowest BCUT2D eigenvalue weighted by Crippen LogP contribution is -2.18. The second kappa shape index (κ2) is 8.25.